The molecule has 0 spiro atoms. The second kappa shape index (κ2) is 6.49. The molecular weight excluding hydrogens is 356 g/mol. The number of carbonyl (C=O) groups is 1. The van der Waals surface area contributed by atoms with Gasteiger partial charge in [0.2, 0.25) is 10.0 Å². The molecule has 2 aliphatic heterocycles. The van der Waals surface area contributed by atoms with Crippen LogP contribution in [0.3, 0.4) is 0 Å². The summed E-state index contributed by atoms with van der Waals surface area (Å²) in [5.74, 6) is -0.235. The first-order valence-corrected chi connectivity index (χ1v) is 9.96. The molecule has 138 valence electrons. The maximum absolute atomic E-state index is 12.8. The molecule has 2 N–H and O–H groups in total. The second-order valence-electron chi connectivity index (χ2n) is 6.58. The number of sulfonamides is 1. The highest BCUT2D eigenvalue weighted by atomic mass is 32.2. The van der Waals surface area contributed by atoms with Crippen LogP contribution in [-0.2, 0) is 28.2 Å². The summed E-state index contributed by atoms with van der Waals surface area (Å²) in [5, 5.41) is 6.86. The largest absolute Gasteiger partial charge is 0.372 e. The van der Waals surface area contributed by atoms with Crippen molar-refractivity contribution in [3.8, 4) is 0 Å². The topological polar surface area (TPSA) is 102 Å². The molecule has 2 aromatic rings. The summed E-state index contributed by atoms with van der Waals surface area (Å²) in [7, 11) is -1.97. The van der Waals surface area contributed by atoms with Crippen molar-refractivity contribution < 1.29 is 17.9 Å². The fraction of sp³-hybridized carbons (Fsp3) is 0.412. The van der Waals surface area contributed by atoms with Crippen LogP contribution in [0, 0.1) is 0 Å². The van der Waals surface area contributed by atoms with Crippen molar-refractivity contribution >= 4 is 15.9 Å². The number of ether oxygens (including phenoxy) is 1. The smallest absolute Gasteiger partial charge is 0.251 e. The maximum atomic E-state index is 12.8. The van der Waals surface area contributed by atoms with Crippen LogP contribution < -0.4 is 10.0 Å². The minimum absolute atomic E-state index is 0.0881. The van der Waals surface area contributed by atoms with Crippen LogP contribution in [0.15, 0.2) is 35.5 Å². The molecule has 8 nitrogen and oxygen atoms in total. The molecule has 2 atom stereocenters. The SMILES string of the molecule is Cn1cc([C@H]2OCC[C@@H]2NS(=O)(=O)c2ccc3c(c2)C(=O)NCC3)cn1. The standard InChI is InChI=1S/C17H20N4O4S/c1-21-10-12(9-19-21)16-15(5-7-25-16)20-26(23,24)13-3-2-11-4-6-18-17(22)14(11)8-13/h2-3,8-10,15-16,20H,4-7H2,1H3,(H,18,22)/t15-,16+/m0/s1. The number of hydrogen-bond acceptors (Lipinski definition) is 5. The van der Waals surface area contributed by atoms with Gasteiger partial charge in [-0.1, -0.05) is 6.07 Å². The molecule has 0 radical (unpaired) electrons. The van der Waals surface area contributed by atoms with Crippen molar-refractivity contribution in [2.75, 3.05) is 13.2 Å². The van der Waals surface area contributed by atoms with E-state index < -0.39 is 10.0 Å². The second-order valence-corrected chi connectivity index (χ2v) is 8.29. The molecule has 3 heterocycles. The lowest BCUT2D eigenvalue weighted by atomic mass is 10.0. The Morgan fingerprint density at radius 1 is 1.38 bits per heavy atom. The molecule has 0 saturated carbocycles. The molecule has 9 heteroatoms. The van der Waals surface area contributed by atoms with E-state index in [4.69, 9.17) is 4.74 Å². The molecule has 26 heavy (non-hydrogen) atoms. The summed E-state index contributed by atoms with van der Waals surface area (Å²) in [4.78, 5) is 12.1. The number of aryl methyl sites for hydroxylation is 1. The van der Waals surface area contributed by atoms with Crippen LogP contribution in [0.1, 0.15) is 34.0 Å². The lowest BCUT2D eigenvalue weighted by Gasteiger charge is -2.20. The third-order valence-electron chi connectivity index (χ3n) is 4.77. The molecule has 1 amide bonds. The van der Waals surface area contributed by atoms with Gasteiger partial charge < -0.3 is 10.1 Å². The summed E-state index contributed by atoms with van der Waals surface area (Å²) in [5.41, 5.74) is 2.12. The Hall–Kier alpha value is -2.23. The fourth-order valence-electron chi connectivity index (χ4n) is 3.45. The Bertz CT molecular complexity index is 953. The zero-order chi connectivity index (χ0) is 18.3. The number of benzene rings is 1. The molecule has 2 aliphatic rings. The lowest BCUT2D eigenvalue weighted by Crippen LogP contribution is -2.37. The molecule has 1 saturated heterocycles. The first kappa shape index (κ1) is 17.2. The summed E-state index contributed by atoms with van der Waals surface area (Å²) in [6.45, 7) is 1.04. The summed E-state index contributed by atoms with van der Waals surface area (Å²) < 4.78 is 35.8. The van der Waals surface area contributed by atoms with Crippen LogP contribution in [-0.4, -0.2) is 43.3 Å². The van der Waals surface area contributed by atoms with E-state index in [1.165, 1.54) is 6.07 Å². The van der Waals surface area contributed by atoms with Gasteiger partial charge in [-0.25, -0.2) is 13.1 Å². The van der Waals surface area contributed by atoms with Crippen LogP contribution in [0.2, 0.25) is 0 Å². The van der Waals surface area contributed by atoms with Crippen molar-refractivity contribution in [1.29, 1.82) is 0 Å². The van der Waals surface area contributed by atoms with Gasteiger partial charge in [-0.3, -0.25) is 9.48 Å². The number of hydrogen-bond donors (Lipinski definition) is 2. The molecule has 1 aromatic heterocycles. The lowest BCUT2D eigenvalue weighted by molar-refractivity contribution is 0.0945. The van der Waals surface area contributed by atoms with E-state index in [2.05, 4.69) is 15.1 Å². The third-order valence-corrected chi connectivity index (χ3v) is 6.26. The summed E-state index contributed by atoms with van der Waals surface area (Å²) >= 11 is 0. The zero-order valence-corrected chi connectivity index (χ0v) is 15.1. The maximum Gasteiger partial charge on any atom is 0.251 e. The van der Waals surface area contributed by atoms with Gasteiger partial charge in [0.05, 0.1) is 17.1 Å². The summed E-state index contributed by atoms with van der Waals surface area (Å²) in [6.07, 6.45) is 4.40. The first-order chi connectivity index (χ1) is 12.4. The van der Waals surface area contributed by atoms with Gasteiger partial charge in [-0.2, -0.15) is 5.10 Å². The Balaban J connectivity index is 1.59. The van der Waals surface area contributed by atoms with Crippen LogP contribution in [0.4, 0.5) is 0 Å². The van der Waals surface area contributed by atoms with Gasteiger partial charge in [-0.05, 0) is 30.5 Å². The van der Waals surface area contributed by atoms with E-state index in [-0.39, 0.29) is 22.9 Å². The van der Waals surface area contributed by atoms with Gasteiger partial charge in [0.1, 0.15) is 6.10 Å². The van der Waals surface area contributed by atoms with Crippen molar-refractivity contribution in [1.82, 2.24) is 19.8 Å². The van der Waals surface area contributed by atoms with E-state index >= 15 is 0 Å². The molecular formula is C17H20N4O4S. The number of fused-ring (bicyclic) bond motifs is 1. The van der Waals surface area contributed by atoms with Crippen molar-refractivity contribution in [2.45, 2.75) is 29.9 Å². The van der Waals surface area contributed by atoms with Crippen molar-refractivity contribution in [3.63, 3.8) is 0 Å². The van der Waals surface area contributed by atoms with Crippen LogP contribution in [0.5, 0.6) is 0 Å². The number of nitrogens with one attached hydrogen (secondary N) is 2. The Labute approximate surface area is 151 Å². The average Bonchev–Trinajstić information content (AvgIpc) is 3.23. The Morgan fingerprint density at radius 3 is 3.00 bits per heavy atom. The summed E-state index contributed by atoms with van der Waals surface area (Å²) in [6, 6.07) is 4.33. The van der Waals surface area contributed by atoms with E-state index in [9.17, 15) is 13.2 Å². The first-order valence-electron chi connectivity index (χ1n) is 8.48. The number of amides is 1. The fourth-order valence-corrected chi connectivity index (χ4v) is 4.75. The quantitative estimate of drug-likeness (QED) is 0.810. The van der Waals surface area contributed by atoms with Gasteiger partial charge >= 0.3 is 0 Å². The Morgan fingerprint density at radius 2 is 2.23 bits per heavy atom. The van der Waals surface area contributed by atoms with Gasteiger partial charge in [0.25, 0.3) is 5.91 Å². The molecule has 1 fully saturated rings. The Kier molecular flexibility index (Phi) is 4.29. The van der Waals surface area contributed by atoms with E-state index in [1.54, 1.807) is 30.1 Å². The number of aromatic nitrogens is 2. The highest BCUT2D eigenvalue weighted by Crippen LogP contribution is 2.30. The van der Waals surface area contributed by atoms with Gasteiger partial charge in [0, 0.05) is 37.5 Å². The van der Waals surface area contributed by atoms with E-state index in [1.807, 2.05) is 6.20 Å². The normalized spacial score (nSPS) is 22.9. The van der Waals surface area contributed by atoms with Gasteiger partial charge in [0.15, 0.2) is 0 Å². The highest BCUT2D eigenvalue weighted by Gasteiger charge is 2.34. The predicted molar refractivity (Wildman–Crippen MR) is 93.1 cm³/mol. The number of nitrogens with zero attached hydrogens (tertiary/aromatic N) is 2. The molecule has 4 rings (SSSR count). The van der Waals surface area contributed by atoms with Crippen molar-refractivity contribution in [2.24, 2.45) is 7.05 Å². The van der Waals surface area contributed by atoms with E-state index in [0.29, 0.717) is 31.6 Å². The molecule has 1 aromatic carbocycles. The molecule has 0 unspecified atom stereocenters. The zero-order valence-electron chi connectivity index (χ0n) is 14.3. The van der Waals surface area contributed by atoms with Gasteiger partial charge in [-0.15, -0.1) is 0 Å². The minimum Gasteiger partial charge on any atom is -0.372 e. The van der Waals surface area contributed by atoms with Crippen LogP contribution >= 0.6 is 0 Å². The van der Waals surface area contributed by atoms with E-state index in [0.717, 1.165) is 11.1 Å². The average molecular weight is 376 g/mol. The highest BCUT2D eigenvalue weighted by molar-refractivity contribution is 7.89. The number of carbonyl (C=O) groups excluding carboxylic acids is 1. The predicted octanol–water partition coefficient (Wildman–Crippen LogP) is 0.514. The third kappa shape index (κ3) is 3.13. The number of rotatable bonds is 4. The minimum atomic E-state index is -3.77. The molecule has 0 aliphatic carbocycles. The van der Waals surface area contributed by atoms with Crippen LogP contribution in [0.25, 0.3) is 0 Å². The monoisotopic (exact) mass is 376 g/mol. The molecule has 0 bridgehead atoms. The van der Waals surface area contributed by atoms with Crippen molar-refractivity contribution in [3.05, 3.63) is 47.3 Å².